The summed E-state index contributed by atoms with van der Waals surface area (Å²) >= 11 is 9.28. The molecule has 1 heterocycles. The van der Waals surface area contributed by atoms with E-state index in [9.17, 15) is 4.79 Å². The topological polar surface area (TPSA) is 47.6 Å². The number of hydrogen-bond acceptors (Lipinski definition) is 3. The van der Waals surface area contributed by atoms with Crippen LogP contribution >= 0.6 is 27.5 Å². The van der Waals surface area contributed by atoms with E-state index in [0.717, 1.165) is 21.3 Å². The van der Waals surface area contributed by atoms with E-state index < -0.39 is 0 Å². The van der Waals surface area contributed by atoms with Crippen LogP contribution in [-0.4, -0.2) is 12.7 Å². The Morgan fingerprint density at radius 3 is 2.82 bits per heavy atom. The van der Waals surface area contributed by atoms with Gasteiger partial charge in [-0.3, -0.25) is 4.79 Å². The minimum absolute atomic E-state index is 0.155. The lowest BCUT2D eigenvalue weighted by Crippen LogP contribution is -2.24. The molecule has 114 valence electrons. The summed E-state index contributed by atoms with van der Waals surface area (Å²) in [6, 6.07) is 10.7. The summed E-state index contributed by atoms with van der Waals surface area (Å²) in [7, 11) is 0. The molecule has 0 atom stereocenters. The van der Waals surface area contributed by atoms with Crippen LogP contribution in [0, 0.1) is 0 Å². The summed E-state index contributed by atoms with van der Waals surface area (Å²) in [4.78, 5) is 12.2. The molecule has 6 heteroatoms. The van der Waals surface area contributed by atoms with Crippen LogP contribution in [0.4, 0.5) is 0 Å². The fourth-order valence-electron chi connectivity index (χ4n) is 2.27. The Hall–Kier alpha value is -1.56. The number of carbonyl (C=O) groups excluding carboxylic acids is 1. The molecule has 0 fully saturated rings. The maximum atomic E-state index is 12.2. The third kappa shape index (κ3) is 3.43. The molecule has 22 heavy (non-hydrogen) atoms. The Morgan fingerprint density at radius 2 is 2.05 bits per heavy atom. The van der Waals surface area contributed by atoms with E-state index >= 15 is 0 Å². The van der Waals surface area contributed by atoms with Crippen molar-refractivity contribution in [2.24, 2.45) is 0 Å². The van der Waals surface area contributed by atoms with E-state index in [1.165, 1.54) is 0 Å². The summed E-state index contributed by atoms with van der Waals surface area (Å²) in [6.45, 7) is 1.11. The first-order valence-corrected chi connectivity index (χ1v) is 7.86. The maximum Gasteiger partial charge on any atom is 0.251 e. The van der Waals surface area contributed by atoms with Crippen LogP contribution in [0.5, 0.6) is 5.75 Å². The second-order valence-corrected chi connectivity index (χ2v) is 6.21. The summed E-state index contributed by atoms with van der Waals surface area (Å²) in [5.41, 5.74) is 2.45. The van der Waals surface area contributed by atoms with E-state index in [2.05, 4.69) is 21.2 Å². The normalized spacial score (nSPS) is 13.2. The second-order valence-electron chi connectivity index (χ2n) is 4.85. The minimum Gasteiger partial charge on any atom is -0.467 e. The monoisotopic (exact) mass is 381 g/mol. The Balaban J connectivity index is 1.75. The fraction of sp³-hybridized carbons (Fsp3) is 0.188. The lowest BCUT2D eigenvalue weighted by Gasteiger charge is -2.21. The van der Waals surface area contributed by atoms with Crippen LogP contribution < -0.4 is 10.1 Å². The Bertz CT molecular complexity index is 703. The average Bonchev–Trinajstić information content (AvgIpc) is 2.52. The number of halogens is 2. The zero-order chi connectivity index (χ0) is 15.5. The molecule has 2 aromatic rings. The molecule has 0 radical (unpaired) electrons. The number of rotatable bonds is 3. The highest BCUT2D eigenvalue weighted by molar-refractivity contribution is 9.10. The smallest absolute Gasteiger partial charge is 0.251 e. The lowest BCUT2D eigenvalue weighted by atomic mass is 10.1. The first-order chi connectivity index (χ1) is 10.6. The number of amides is 1. The van der Waals surface area contributed by atoms with Crippen LogP contribution in [0.1, 0.15) is 21.5 Å². The predicted octanol–water partition coefficient (Wildman–Crippen LogP) is 3.90. The molecule has 3 rings (SSSR count). The van der Waals surface area contributed by atoms with Gasteiger partial charge >= 0.3 is 0 Å². The molecule has 4 nitrogen and oxygen atoms in total. The number of fused-ring (bicyclic) bond motifs is 1. The van der Waals surface area contributed by atoms with Gasteiger partial charge in [0.2, 0.25) is 0 Å². The zero-order valence-corrected chi connectivity index (χ0v) is 13.9. The molecule has 0 aromatic heterocycles. The number of ether oxygens (including phenoxy) is 2. The SMILES string of the molecule is O=C(NCc1cc(Br)cc2c1OCOC2)c1ccc(Cl)cc1. The van der Waals surface area contributed by atoms with Gasteiger partial charge in [-0.05, 0) is 36.4 Å². The van der Waals surface area contributed by atoms with Gasteiger partial charge in [0.15, 0.2) is 6.79 Å². The molecule has 0 aliphatic carbocycles. The van der Waals surface area contributed by atoms with Gasteiger partial charge in [-0.1, -0.05) is 27.5 Å². The third-order valence-electron chi connectivity index (χ3n) is 3.30. The van der Waals surface area contributed by atoms with Crippen molar-refractivity contribution in [1.29, 1.82) is 0 Å². The van der Waals surface area contributed by atoms with Gasteiger partial charge in [0, 0.05) is 32.7 Å². The van der Waals surface area contributed by atoms with Crippen molar-refractivity contribution in [2.75, 3.05) is 6.79 Å². The predicted molar refractivity (Wildman–Crippen MR) is 87.0 cm³/mol. The lowest BCUT2D eigenvalue weighted by molar-refractivity contribution is -0.0171. The van der Waals surface area contributed by atoms with E-state index in [-0.39, 0.29) is 12.7 Å². The molecule has 0 bridgehead atoms. The van der Waals surface area contributed by atoms with Crippen molar-refractivity contribution in [3.8, 4) is 5.75 Å². The molecule has 1 N–H and O–H groups in total. The second kappa shape index (κ2) is 6.69. The van der Waals surface area contributed by atoms with Gasteiger partial charge in [0.25, 0.3) is 5.91 Å². The average molecular weight is 383 g/mol. The molecular weight excluding hydrogens is 370 g/mol. The highest BCUT2D eigenvalue weighted by Crippen LogP contribution is 2.31. The molecule has 1 amide bonds. The fourth-order valence-corrected chi connectivity index (χ4v) is 2.95. The van der Waals surface area contributed by atoms with Crippen LogP contribution in [0.3, 0.4) is 0 Å². The van der Waals surface area contributed by atoms with Gasteiger partial charge < -0.3 is 14.8 Å². The Labute approximate surface area is 141 Å². The summed E-state index contributed by atoms with van der Waals surface area (Å²) in [6.07, 6.45) is 0. The number of hydrogen-bond donors (Lipinski definition) is 1. The van der Waals surface area contributed by atoms with Crippen molar-refractivity contribution in [2.45, 2.75) is 13.2 Å². The van der Waals surface area contributed by atoms with Crippen LogP contribution in [0.25, 0.3) is 0 Å². The Morgan fingerprint density at radius 1 is 1.27 bits per heavy atom. The first-order valence-electron chi connectivity index (χ1n) is 6.69. The van der Waals surface area contributed by atoms with Crippen LogP contribution in [0.15, 0.2) is 40.9 Å². The van der Waals surface area contributed by atoms with Gasteiger partial charge in [0.05, 0.1) is 6.61 Å². The molecule has 0 saturated heterocycles. The van der Waals surface area contributed by atoms with Crippen molar-refractivity contribution in [1.82, 2.24) is 5.32 Å². The summed E-state index contributed by atoms with van der Waals surface area (Å²) in [5, 5.41) is 3.49. The molecule has 0 spiro atoms. The number of benzene rings is 2. The number of nitrogens with one attached hydrogen (secondary N) is 1. The van der Waals surface area contributed by atoms with Gasteiger partial charge in [-0.2, -0.15) is 0 Å². The van der Waals surface area contributed by atoms with Gasteiger partial charge in [0.1, 0.15) is 5.75 Å². The van der Waals surface area contributed by atoms with E-state index in [0.29, 0.717) is 23.7 Å². The largest absolute Gasteiger partial charge is 0.467 e. The molecule has 0 saturated carbocycles. The van der Waals surface area contributed by atoms with E-state index in [4.69, 9.17) is 21.1 Å². The standard InChI is InChI=1S/C16H13BrClNO3/c17-13-5-11(15-12(6-13)8-21-9-22-15)7-19-16(20)10-1-3-14(18)4-2-10/h1-6H,7-9H2,(H,19,20). The summed E-state index contributed by atoms with van der Waals surface area (Å²) < 4.78 is 11.7. The van der Waals surface area contributed by atoms with E-state index in [1.807, 2.05) is 12.1 Å². The highest BCUT2D eigenvalue weighted by atomic mass is 79.9. The zero-order valence-electron chi connectivity index (χ0n) is 11.6. The van der Waals surface area contributed by atoms with Crippen molar-refractivity contribution >= 4 is 33.4 Å². The van der Waals surface area contributed by atoms with Gasteiger partial charge in [-0.25, -0.2) is 0 Å². The molecule has 2 aromatic carbocycles. The quantitative estimate of drug-likeness (QED) is 0.876. The van der Waals surface area contributed by atoms with Gasteiger partial charge in [-0.15, -0.1) is 0 Å². The molecule has 1 aliphatic rings. The molecular formula is C16H13BrClNO3. The first kappa shape index (κ1) is 15.3. The minimum atomic E-state index is -0.155. The van der Waals surface area contributed by atoms with Crippen LogP contribution in [0.2, 0.25) is 5.02 Å². The third-order valence-corrected chi connectivity index (χ3v) is 4.01. The number of carbonyl (C=O) groups is 1. The van der Waals surface area contributed by atoms with Crippen LogP contribution in [-0.2, 0) is 17.9 Å². The van der Waals surface area contributed by atoms with Crippen molar-refractivity contribution < 1.29 is 14.3 Å². The molecule has 0 unspecified atom stereocenters. The van der Waals surface area contributed by atoms with Crippen molar-refractivity contribution in [3.63, 3.8) is 0 Å². The highest BCUT2D eigenvalue weighted by Gasteiger charge is 2.17. The maximum absolute atomic E-state index is 12.2. The molecule has 1 aliphatic heterocycles. The Kier molecular flexibility index (Phi) is 4.66. The summed E-state index contributed by atoms with van der Waals surface area (Å²) in [5.74, 6) is 0.628. The van der Waals surface area contributed by atoms with Crippen molar-refractivity contribution in [3.05, 3.63) is 62.6 Å². The van der Waals surface area contributed by atoms with E-state index in [1.54, 1.807) is 24.3 Å².